The van der Waals surface area contributed by atoms with Crippen molar-refractivity contribution in [2.24, 2.45) is 0 Å². The normalized spacial score (nSPS) is 10.6. The second kappa shape index (κ2) is 6.07. The molecule has 0 spiro atoms. The first kappa shape index (κ1) is 13.2. The molecule has 94 valence electrons. The zero-order chi connectivity index (χ0) is 13.0. The molecular weight excluding hydrogens is 290 g/mol. The molecule has 1 heterocycles. The van der Waals surface area contributed by atoms with Gasteiger partial charge in [-0.25, -0.2) is 0 Å². The summed E-state index contributed by atoms with van der Waals surface area (Å²) in [6.45, 7) is 5.59. The molecule has 0 radical (unpaired) electrons. The number of hydrogen-bond acceptors (Lipinski definition) is 3. The highest BCUT2D eigenvalue weighted by Crippen LogP contribution is 2.17. The van der Waals surface area contributed by atoms with Crippen molar-refractivity contribution in [3.63, 3.8) is 0 Å². The van der Waals surface area contributed by atoms with Gasteiger partial charge in [-0.3, -0.25) is 9.97 Å². The van der Waals surface area contributed by atoms with Crippen LogP contribution in [-0.2, 0) is 13.1 Å². The highest BCUT2D eigenvalue weighted by atomic mass is 79.9. The van der Waals surface area contributed by atoms with E-state index < -0.39 is 0 Å². The molecule has 2 rings (SSSR count). The Balaban J connectivity index is 1.88. The van der Waals surface area contributed by atoms with Crippen molar-refractivity contribution >= 4 is 15.9 Å². The lowest BCUT2D eigenvalue weighted by molar-refractivity contribution is 0.675. The number of rotatable bonds is 4. The van der Waals surface area contributed by atoms with Crippen LogP contribution in [0.4, 0.5) is 0 Å². The van der Waals surface area contributed by atoms with Gasteiger partial charge in [-0.1, -0.05) is 28.1 Å². The summed E-state index contributed by atoms with van der Waals surface area (Å²) in [6.07, 6.45) is 3.60. The summed E-state index contributed by atoms with van der Waals surface area (Å²) in [5, 5.41) is 3.36. The second-order valence-corrected chi connectivity index (χ2v) is 5.19. The number of halogens is 1. The Morgan fingerprint density at radius 1 is 1.11 bits per heavy atom. The number of aryl methyl sites for hydroxylation is 2. The SMILES string of the molecule is Cc1cnc(CNCc2ccc(C)c(Br)c2)cn1. The largest absolute Gasteiger partial charge is 0.307 e. The maximum absolute atomic E-state index is 4.31. The molecule has 3 nitrogen and oxygen atoms in total. The van der Waals surface area contributed by atoms with E-state index in [4.69, 9.17) is 0 Å². The summed E-state index contributed by atoms with van der Waals surface area (Å²) >= 11 is 3.54. The first-order valence-electron chi connectivity index (χ1n) is 5.88. The molecule has 0 aliphatic rings. The quantitative estimate of drug-likeness (QED) is 0.943. The molecule has 1 N–H and O–H groups in total. The van der Waals surface area contributed by atoms with E-state index in [0.717, 1.165) is 29.0 Å². The lowest BCUT2D eigenvalue weighted by Gasteiger charge is -2.06. The minimum Gasteiger partial charge on any atom is -0.307 e. The Kier molecular flexibility index (Phi) is 4.44. The van der Waals surface area contributed by atoms with Gasteiger partial charge in [-0.2, -0.15) is 0 Å². The summed E-state index contributed by atoms with van der Waals surface area (Å²) in [7, 11) is 0. The molecular formula is C14H16BrN3. The van der Waals surface area contributed by atoms with E-state index in [9.17, 15) is 0 Å². The van der Waals surface area contributed by atoms with Crippen LogP contribution in [0, 0.1) is 13.8 Å². The average Bonchev–Trinajstić information content (AvgIpc) is 2.36. The third-order valence-electron chi connectivity index (χ3n) is 2.71. The number of benzene rings is 1. The van der Waals surface area contributed by atoms with E-state index >= 15 is 0 Å². The maximum Gasteiger partial charge on any atom is 0.0724 e. The Hall–Kier alpha value is -1.26. The summed E-state index contributed by atoms with van der Waals surface area (Å²) < 4.78 is 1.15. The number of aromatic nitrogens is 2. The van der Waals surface area contributed by atoms with Gasteiger partial charge in [0.15, 0.2) is 0 Å². The second-order valence-electron chi connectivity index (χ2n) is 4.34. The fourth-order valence-electron chi connectivity index (χ4n) is 1.59. The molecule has 0 aliphatic carbocycles. The molecule has 0 aliphatic heterocycles. The van der Waals surface area contributed by atoms with Gasteiger partial charge in [-0.05, 0) is 31.0 Å². The van der Waals surface area contributed by atoms with E-state index in [1.807, 2.05) is 13.1 Å². The summed E-state index contributed by atoms with van der Waals surface area (Å²) in [6, 6.07) is 6.39. The minimum absolute atomic E-state index is 0.735. The molecule has 0 bridgehead atoms. The van der Waals surface area contributed by atoms with Gasteiger partial charge in [0.25, 0.3) is 0 Å². The molecule has 0 atom stereocenters. The predicted octanol–water partition coefficient (Wildman–Crippen LogP) is 3.15. The van der Waals surface area contributed by atoms with Gasteiger partial charge >= 0.3 is 0 Å². The van der Waals surface area contributed by atoms with Crippen LogP contribution in [0.1, 0.15) is 22.5 Å². The van der Waals surface area contributed by atoms with Crippen LogP contribution < -0.4 is 5.32 Å². The van der Waals surface area contributed by atoms with Crippen LogP contribution >= 0.6 is 15.9 Å². The first-order chi connectivity index (χ1) is 8.65. The summed E-state index contributed by atoms with van der Waals surface area (Å²) in [5.74, 6) is 0. The van der Waals surface area contributed by atoms with E-state index in [-0.39, 0.29) is 0 Å². The maximum atomic E-state index is 4.31. The van der Waals surface area contributed by atoms with E-state index in [1.54, 1.807) is 6.20 Å². The lowest BCUT2D eigenvalue weighted by atomic mass is 10.1. The summed E-state index contributed by atoms with van der Waals surface area (Å²) in [5.41, 5.74) is 4.42. The number of nitrogens with one attached hydrogen (secondary N) is 1. The molecule has 0 fully saturated rings. The van der Waals surface area contributed by atoms with Crippen molar-refractivity contribution in [3.8, 4) is 0 Å². The topological polar surface area (TPSA) is 37.8 Å². The number of nitrogens with zero attached hydrogens (tertiary/aromatic N) is 2. The van der Waals surface area contributed by atoms with Gasteiger partial charge in [0.1, 0.15) is 0 Å². The van der Waals surface area contributed by atoms with E-state index in [0.29, 0.717) is 0 Å². The van der Waals surface area contributed by atoms with Gasteiger partial charge in [0.2, 0.25) is 0 Å². The lowest BCUT2D eigenvalue weighted by Crippen LogP contribution is -2.14. The van der Waals surface area contributed by atoms with Crippen molar-refractivity contribution in [1.29, 1.82) is 0 Å². The zero-order valence-electron chi connectivity index (χ0n) is 10.6. The van der Waals surface area contributed by atoms with Crippen molar-refractivity contribution < 1.29 is 0 Å². The molecule has 2 aromatic rings. The average molecular weight is 306 g/mol. The van der Waals surface area contributed by atoms with Crippen molar-refractivity contribution in [3.05, 3.63) is 57.6 Å². The summed E-state index contributed by atoms with van der Waals surface area (Å²) in [4.78, 5) is 8.53. The highest BCUT2D eigenvalue weighted by Gasteiger charge is 1.99. The van der Waals surface area contributed by atoms with Crippen LogP contribution in [0.15, 0.2) is 35.1 Å². The van der Waals surface area contributed by atoms with Crippen LogP contribution in [0.3, 0.4) is 0 Å². The standard InChI is InChI=1S/C14H16BrN3/c1-10-3-4-12(5-14(10)15)7-16-8-13-9-17-11(2)6-18-13/h3-6,9,16H,7-8H2,1-2H3. The minimum atomic E-state index is 0.735. The third kappa shape index (κ3) is 3.62. The first-order valence-corrected chi connectivity index (χ1v) is 6.68. The predicted molar refractivity (Wildman–Crippen MR) is 76.2 cm³/mol. The van der Waals surface area contributed by atoms with Crippen molar-refractivity contribution in [2.45, 2.75) is 26.9 Å². The fraction of sp³-hybridized carbons (Fsp3) is 0.286. The van der Waals surface area contributed by atoms with Gasteiger partial charge in [-0.15, -0.1) is 0 Å². The number of hydrogen-bond donors (Lipinski definition) is 1. The molecule has 4 heteroatoms. The molecule has 0 amide bonds. The van der Waals surface area contributed by atoms with Crippen molar-refractivity contribution in [2.75, 3.05) is 0 Å². The molecule has 0 saturated heterocycles. The Bertz CT molecular complexity index is 523. The van der Waals surface area contributed by atoms with Crippen LogP contribution in [0.25, 0.3) is 0 Å². The Labute approximate surface area is 116 Å². The van der Waals surface area contributed by atoms with Gasteiger partial charge < -0.3 is 5.32 Å². The van der Waals surface area contributed by atoms with Gasteiger partial charge in [0.05, 0.1) is 11.4 Å². The van der Waals surface area contributed by atoms with Gasteiger partial charge in [0, 0.05) is 30.0 Å². The molecule has 1 aromatic carbocycles. The van der Waals surface area contributed by atoms with E-state index in [2.05, 4.69) is 56.3 Å². The Morgan fingerprint density at radius 3 is 2.61 bits per heavy atom. The van der Waals surface area contributed by atoms with Crippen molar-refractivity contribution in [1.82, 2.24) is 15.3 Å². The molecule has 18 heavy (non-hydrogen) atoms. The van der Waals surface area contributed by atoms with Crippen LogP contribution in [-0.4, -0.2) is 9.97 Å². The van der Waals surface area contributed by atoms with Crippen LogP contribution in [0.2, 0.25) is 0 Å². The zero-order valence-corrected chi connectivity index (χ0v) is 12.2. The monoisotopic (exact) mass is 305 g/mol. The molecule has 0 saturated carbocycles. The molecule has 0 unspecified atom stereocenters. The van der Waals surface area contributed by atoms with Crippen LogP contribution in [0.5, 0.6) is 0 Å². The fourth-order valence-corrected chi connectivity index (χ4v) is 2.02. The Morgan fingerprint density at radius 2 is 1.94 bits per heavy atom. The highest BCUT2D eigenvalue weighted by molar-refractivity contribution is 9.10. The third-order valence-corrected chi connectivity index (χ3v) is 3.56. The smallest absolute Gasteiger partial charge is 0.0724 e. The molecule has 1 aromatic heterocycles. The van der Waals surface area contributed by atoms with E-state index in [1.165, 1.54) is 11.1 Å².